The molecule has 0 bridgehead atoms. The first-order chi connectivity index (χ1) is 13.8. The third kappa shape index (κ3) is 3.90. The molecule has 1 aromatic heterocycles. The fourth-order valence-corrected chi connectivity index (χ4v) is 3.87. The maximum Gasteiger partial charge on any atom is 0.307 e. The van der Waals surface area contributed by atoms with Crippen LogP contribution in [0.25, 0.3) is 27.8 Å². The molecule has 1 heterocycles. The van der Waals surface area contributed by atoms with Gasteiger partial charge < -0.3 is 5.11 Å². The molecule has 0 aliphatic heterocycles. The van der Waals surface area contributed by atoms with Gasteiger partial charge in [0.15, 0.2) is 9.84 Å². The van der Waals surface area contributed by atoms with E-state index in [1.165, 1.54) is 6.26 Å². The minimum atomic E-state index is -3.22. The predicted octanol–water partition coefficient (Wildman–Crippen LogP) is 3.72. The molecule has 0 unspecified atom stereocenters. The molecule has 0 atom stereocenters. The smallest absolute Gasteiger partial charge is 0.307 e. The van der Waals surface area contributed by atoms with Crippen molar-refractivity contribution in [2.45, 2.75) is 11.3 Å². The molecular weight excluding hydrogens is 388 g/mol. The van der Waals surface area contributed by atoms with Gasteiger partial charge in [-0.15, -0.1) is 0 Å². The van der Waals surface area contributed by atoms with Crippen molar-refractivity contribution in [3.63, 3.8) is 0 Å². The van der Waals surface area contributed by atoms with E-state index in [9.17, 15) is 13.2 Å². The highest BCUT2D eigenvalue weighted by Gasteiger charge is 2.10. The summed E-state index contributed by atoms with van der Waals surface area (Å²) in [7, 11) is -3.22. The number of hydrogen-bond donors (Lipinski definition) is 1. The highest BCUT2D eigenvalue weighted by Crippen LogP contribution is 2.26. The Labute approximate surface area is 168 Å². The molecule has 0 fully saturated rings. The third-order valence-corrected chi connectivity index (χ3v) is 5.86. The van der Waals surface area contributed by atoms with Crippen LogP contribution in [0, 0.1) is 0 Å². The molecule has 0 aliphatic rings. The Balaban J connectivity index is 1.66. The van der Waals surface area contributed by atoms with Crippen LogP contribution in [0.3, 0.4) is 0 Å². The molecule has 0 spiro atoms. The molecule has 146 valence electrons. The molecule has 4 rings (SSSR count). The Hall–Kier alpha value is -3.45. The summed E-state index contributed by atoms with van der Waals surface area (Å²) in [5.74, 6) is -0.858. The Morgan fingerprint density at radius 3 is 2.24 bits per heavy atom. The quantitative estimate of drug-likeness (QED) is 0.546. The number of carboxylic acid groups (broad SMARTS) is 1. The largest absolute Gasteiger partial charge is 0.481 e. The number of nitrogens with zero attached hydrogens (tertiary/aromatic N) is 2. The minimum Gasteiger partial charge on any atom is -0.481 e. The lowest BCUT2D eigenvalue weighted by atomic mass is 10.1. The normalized spacial score (nSPS) is 11.6. The molecular formula is C22H18N2O4S. The van der Waals surface area contributed by atoms with Gasteiger partial charge in [-0.05, 0) is 53.1 Å². The van der Waals surface area contributed by atoms with E-state index in [4.69, 9.17) is 5.11 Å². The van der Waals surface area contributed by atoms with Gasteiger partial charge in [-0.25, -0.2) is 13.4 Å². The average Bonchev–Trinajstić information content (AvgIpc) is 3.11. The first-order valence-corrected chi connectivity index (χ1v) is 10.8. The molecule has 7 heteroatoms. The first-order valence-electron chi connectivity index (χ1n) is 8.90. The molecule has 6 nitrogen and oxygen atoms in total. The van der Waals surface area contributed by atoms with Gasteiger partial charge >= 0.3 is 5.97 Å². The van der Waals surface area contributed by atoms with Gasteiger partial charge in [-0.1, -0.05) is 30.3 Å². The summed E-state index contributed by atoms with van der Waals surface area (Å²) >= 11 is 0. The van der Waals surface area contributed by atoms with Gasteiger partial charge in [-0.2, -0.15) is 0 Å². The van der Waals surface area contributed by atoms with E-state index in [2.05, 4.69) is 4.98 Å². The molecule has 0 saturated carbocycles. The average molecular weight is 406 g/mol. The van der Waals surface area contributed by atoms with Crippen LogP contribution in [-0.2, 0) is 21.1 Å². The Morgan fingerprint density at radius 2 is 1.62 bits per heavy atom. The number of aliphatic carboxylic acids is 1. The van der Waals surface area contributed by atoms with Crippen LogP contribution in [0.2, 0.25) is 0 Å². The lowest BCUT2D eigenvalue weighted by Crippen LogP contribution is -2.00. The predicted molar refractivity (Wildman–Crippen MR) is 111 cm³/mol. The van der Waals surface area contributed by atoms with Crippen LogP contribution in [0.4, 0.5) is 0 Å². The highest BCUT2D eigenvalue weighted by molar-refractivity contribution is 7.90. The van der Waals surface area contributed by atoms with Crippen molar-refractivity contribution < 1.29 is 18.3 Å². The Kier molecular flexibility index (Phi) is 4.68. The minimum absolute atomic E-state index is 0.00750. The van der Waals surface area contributed by atoms with E-state index in [1.807, 2.05) is 34.9 Å². The molecule has 0 radical (unpaired) electrons. The van der Waals surface area contributed by atoms with Crippen LogP contribution >= 0.6 is 0 Å². The van der Waals surface area contributed by atoms with Crippen LogP contribution < -0.4 is 0 Å². The summed E-state index contributed by atoms with van der Waals surface area (Å²) < 4.78 is 25.2. The fraction of sp³-hybridized carbons (Fsp3) is 0.0909. The van der Waals surface area contributed by atoms with Crippen LogP contribution in [-0.4, -0.2) is 35.3 Å². The summed E-state index contributed by atoms with van der Waals surface area (Å²) in [5, 5.41) is 8.89. The van der Waals surface area contributed by atoms with E-state index < -0.39 is 15.8 Å². The number of aromatic nitrogens is 2. The van der Waals surface area contributed by atoms with Gasteiger partial charge in [0.2, 0.25) is 0 Å². The van der Waals surface area contributed by atoms with Gasteiger partial charge in [-0.3, -0.25) is 9.36 Å². The summed E-state index contributed by atoms with van der Waals surface area (Å²) in [6.45, 7) is 0. The van der Waals surface area contributed by atoms with Gasteiger partial charge in [0, 0.05) is 11.9 Å². The Bertz CT molecular complexity index is 1310. The van der Waals surface area contributed by atoms with E-state index in [0.717, 1.165) is 33.4 Å². The summed E-state index contributed by atoms with van der Waals surface area (Å²) in [5.41, 5.74) is 5.22. The zero-order valence-electron chi connectivity index (χ0n) is 15.6. The van der Waals surface area contributed by atoms with Crippen LogP contribution in [0.15, 0.2) is 78.0 Å². The van der Waals surface area contributed by atoms with Crippen molar-refractivity contribution in [1.29, 1.82) is 0 Å². The number of sulfone groups is 1. The van der Waals surface area contributed by atoms with Crippen molar-refractivity contribution in [3.05, 3.63) is 78.6 Å². The third-order valence-electron chi connectivity index (χ3n) is 4.73. The second kappa shape index (κ2) is 7.18. The van der Waals surface area contributed by atoms with Gasteiger partial charge in [0.1, 0.15) is 6.33 Å². The second-order valence-corrected chi connectivity index (χ2v) is 8.87. The summed E-state index contributed by atoms with van der Waals surface area (Å²) in [6, 6.07) is 20.0. The lowest BCUT2D eigenvalue weighted by molar-refractivity contribution is -0.136. The second-order valence-electron chi connectivity index (χ2n) is 6.85. The number of imidazole rings is 1. The van der Waals surface area contributed by atoms with Gasteiger partial charge in [0.05, 0.1) is 22.3 Å². The molecule has 1 N–H and O–H groups in total. The number of carboxylic acids is 1. The maximum absolute atomic E-state index is 11.6. The SMILES string of the molecule is CS(=O)(=O)c1ccc(-c2ccc3c(c2)ncn3-c2ccc(CC(=O)O)cc2)cc1. The van der Waals surface area contributed by atoms with Crippen LogP contribution in [0.5, 0.6) is 0 Å². The number of fused-ring (bicyclic) bond motifs is 1. The number of hydrogen-bond acceptors (Lipinski definition) is 4. The highest BCUT2D eigenvalue weighted by atomic mass is 32.2. The molecule has 0 aliphatic carbocycles. The van der Waals surface area contributed by atoms with Gasteiger partial charge in [0.25, 0.3) is 0 Å². The fourth-order valence-electron chi connectivity index (χ4n) is 3.24. The molecule has 3 aromatic carbocycles. The zero-order chi connectivity index (χ0) is 20.6. The zero-order valence-corrected chi connectivity index (χ0v) is 16.4. The Morgan fingerprint density at radius 1 is 0.966 bits per heavy atom. The topological polar surface area (TPSA) is 89.3 Å². The van der Waals surface area contributed by atoms with Crippen molar-refractivity contribution in [2.24, 2.45) is 0 Å². The van der Waals surface area contributed by atoms with E-state index in [1.54, 1.807) is 42.7 Å². The summed E-state index contributed by atoms with van der Waals surface area (Å²) in [6.07, 6.45) is 2.91. The molecule has 4 aromatic rings. The van der Waals surface area contributed by atoms with Crippen molar-refractivity contribution in [2.75, 3.05) is 6.26 Å². The molecule has 0 amide bonds. The molecule has 29 heavy (non-hydrogen) atoms. The van der Waals surface area contributed by atoms with E-state index in [0.29, 0.717) is 0 Å². The number of rotatable bonds is 5. The van der Waals surface area contributed by atoms with Crippen LogP contribution in [0.1, 0.15) is 5.56 Å². The number of carbonyl (C=O) groups is 1. The monoisotopic (exact) mass is 406 g/mol. The number of benzene rings is 3. The van der Waals surface area contributed by atoms with E-state index >= 15 is 0 Å². The van der Waals surface area contributed by atoms with Crippen molar-refractivity contribution in [3.8, 4) is 16.8 Å². The standard InChI is InChI=1S/C22H18N2O4S/c1-29(27,28)19-9-4-16(5-10-19)17-6-11-21-20(13-17)23-14-24(21)18-7-2-15(3-8-18)12-22(25)26/h2-11,13-14H,12H2,1H3,(H,25,26). The molecule has 0 saturated heterocycles. The van der Waals surface area contributed by atoms with Crippen molar-refractivity contribution in [1.82, 2.24) is 9.55 Å². The maximum atomic E-state index is 11.6. The van der Waals surface area contributed by atoms with E-state index in [-0.39, 0.29) is 11.3 Å². The van der Waals surface area contributed by atoms with Crippen molar-refractivity contribution >= 4 is 26.8 Å². The lowest BCUT2D eigenvalue weighted by Gasteiger charge is -2.07. The first kappa shape index (κ1) is 18.9. The summed E-state index contributed by atoms with van der Waals surface area (Å²) in [4.78, 5) is 15.6.